The molecule has 0 N–H and O–H groups in total. The zero-order valence-electron chi connectivity index (χ0n) is 13.8. The molecule has 1 aliphatic rings. The minimum absolute atomic E-state index is 0.0211. The summed E-state index contributed by atoms with van der Waals surface area (Å²) in [6.07, 6.45) is 3.44. The van der Waals surface area contributed by atoms with Crippen molar-refractivity contribution in [3.05, 3.63) is 29.3 Å². The molecule has 0 bridgehead atoms. The number of amides is 1. The monoisotopic (exact) mass is 401 g/mol. The van der Waals surface area contributed by atoms with Crippen LogP contribution in [0.15, 0.2) is 33.8 Å². The van der Waals surface area contributed by atoms with Crippen molar-refractivity contribution in [2.24, 2.45) is 0 Å². The Morgan fingerprint density at radius 3 is 2.88 bits per heavy atom. The number of allylic oxidation sites excluding steroid dienone is 1. The first kappa shape index (κ1) is 18.6. The molecule has 3 rings (SSSR count). The molecule has 0 spiro atoms. The van der Waals surface area contributed by atoms with Crippen molar-refractivity contribution >= 4 is 38.8 Å². The molecule has 0 saturated carbocycles. The molecule has 26 heavy (non-hydrogen) atoms. The van der Waals surface area contributed by atoms with Crippen LogP contribution in [0.25, 0.3) is 11.0 Å². The highest BCUT2D eigenvalue weighted by molar-refractivity contribution is 7.87. The fourth-order valence-corrected chi connectivity index (χ4v) is 3.67. The number of hydrogen-bond donors (Lipinski definition) is 0. The lowest BCUT2D eigenvalue weighted by molar-refractivity contribution is 0.105. The highest BCUT2D eigenvalue weighted by Crippen LogP contribution is 2.28. The smallest absolute Gasteiger partial charge is 0.410 e. The lowest BCUT2D eigenvalue weighted by Crippen LogP contribution is -2.27. The second kappa shape index (κ2) is 7.60. The van der Waals surface area contributed by atoms with E-state index in [9.17, 15) is 13.2 Å². The SMILES string of the molecule is CC/C=C/CN1CC(COS(=O)(=O)c2ccc(Cl)c3nonc23)OC1=O. The zero-order chi connectivity index (χ0) is 18.7. The number of hydrogen-bond acceptors (Lipinski definition) is 8. The normalized spacial score (nSPS) is 18.2. The summed E-state index contributed by atoms with van der Waals surface area (Å²) in [5.74, 6) is 0. The van der Waals surface area contributed by atoms with Gasteiger partial charge in [0.15, 0.2) is 11.0 Å². The molecular formula is C15H16ClN3O6S. The molecular weight excluding hydrogens is 386 g/mol. The van der Waals surface area contributed by atoms with Crippen LogP contribution in [0.4, 0.5) is 4.79 Å². The molecule has 1 aliphatic heterocycles. The Labute approximate surface area is 154 Å². The van der Waals surface area contributed by atoms with Gasteiger partial charge >= 0.3 is 6.09 Å². The largest absolute Gasteiger partial charge is 0.442 e. The van der Waals surface area contributed by atoms with Gasteiger partial charge in [0.25, 0.3) is 10.1 Å². The number of fused-ring (bicyclic) bond motifs is 1. The molecule has 11 heteroatoms. The molecule has 2 heterocycles. The predicted octanol–water partition coefficient (Wildman–Crippen LogP) is 2.37. The summed E-state index contributed by atoms with van der Waals surface area (Å²) in [5, 5.41) is 7.33. The summed E-state index contributed by atoms with van der Waals surface area (Å²) in [5.41, 5.74) is 0.102. The number of aromatic nitrogens is 2. The van der Waals surface area contributed by atoms with Crippen LogP contribution in [-0.2, 0) is 19.0 Å². The van der Waals surface area contributed by atoms with Gasteiger partial charge in [-0.25, -0.2) is 9.42 Å². The molecule has 1 aromatic carbocycles. The van der Waals surface area contributed by atoms with E-state index in [0.29, 0.717) is 6.54 Å². The fraction of sp³-hybridized carbons (Fsp3) is 0.400. The maximum absolute atomic E-state index is 12.4. The third-order valence-electron chi connectivity index (χ3n) is 3.69. The number of halogens is 1. The second-order valence-electron chi connectivity index (χ2n) is 5.54. The summed E-state index contributed by atoms with van der Waals surface area (Å²) < 4.78 is 39.6. The molecule has 2 aromatic rings. The van der Waals surface area contributed by atoms with Crippen molar-refractivity contribution in [3.8, 4) is 0 Å². The number of carbonyl (C=O) groups excluding carboxylic acids is 1. The quantitative estimate of drug-likeness (QED) is 0.513. The Morgan fingerprint density at radius 2 is 2.12 bits per heavy atom. The zero-order valence-corrected chi connectivity index (χ0v) is 15.4. The molecule has 0 radical (unpaired) electrons. The fourth-order valence-electron chi connectivity index (χ4n) is 2.42. The summed E-state index contributed by atoms with van der Waals surface area (Å²) in [4.78, 5) is 13.0. The molecule has 140 valence electrons. The van der Waals surface area contributed by atoms with Gasteiger partial charge in [-0.1, -0.05) is 30.7 Å². The van der Waals surface area contributed by atoms with Crippen LogP contribution < -0.4 is 0 Å². The number of carbonyl (C=O) groups is 1. The Bertz CT molecular complexity index is 942. The average molecular weight is 402 g/mol. The van der Waals surface area contributed by atoms with E-state index in [1.165, 1.54) is 17.0 Å². The van der Waals surface area contributed by atoms with Gasteiger partial charge < -0.3 is 9.64 Å². The number of rotatable bonds is 7. The van der Waals surface area contributed by atoms with Gasteiger partial charge in [0.05, 0.1) is 11.6 Å². The first-order valence-corrected chi connectivity index (χ1v) is 9.61. The van der Waals surface area contributed by atoms with E-state index in [1.807, 2.05) is 19.1 Å². The van der Waals surface area contributed by atoms with E-state index in [-0.39, 0.29) is 34.1 Å². The van der Waals surface area contributed by atoms with E-state index in [1.54, 1.807) is 0 Å². The number of ether oxygens (including phenoxy) is 1. The third-order valence-corrected chi connectivity index (χ3v) is 5.30. The predicted molar refractivity (Wildman–Crippen MR) is 91.2 cm³/mol. The van der Waals surface area contributed by atoms with Crippen molar-refractivity contribution in [2.75, 3.05) is 19.7 Å². The van der Waals surface area contributed by atoms with Gasteiger partial charge in [-0.3, -0.25) is 4.18 Å². The molecule has 1 unspecified atom stereocenters. The van der Waals surface area contributed by atoms with Crippen molar-refractivity contribution in [1.82, 2.24) is 15.2 Å². The third kappa shape index (κ3) is 3.81. The van der Waals surface area contributed by atoms with Crippen molar-refractivity contribution in [2.45, 2.75) is 24.3 Å². The standard InChI is InChI=1S/C15H16ClN3O6S/c1-2-3-4-7-19-8-10(24-15(19)20)9-23-26(21,22)12-6-5-11(16)13-14(12)18-25-17-13/h3-6,10H,2,7-9H2,1H3/b4-3+. The first-order chi connectivity index (χ1) is 12.4. The molecule has 1 aromatic heterocycles. The lowest BCUT2D eigenvalue weighted by Gasteiger charge is -2.10. The summed E-state index contributed by atoms with van der Waals surface area (Å²) >= 11 is 5.92. The van der Waals surface area contributed by atoms with E-state index in [0.717, 1.165) is 6.42 Å². The number of cyclic esters (lactones) is 1. The summed E-state index contributed by atoms with van der Waals surface area (Å²) in [6.45, 7) is 2.32. The minimum Gasteiger partial charge on any atom is -0.442 e. The maximum atomic E-state index is 12.4. The molecule has 1 atom stereocenters. The van der Waals surface area contributed by atoms with Gasteiger partial charge in [0.1, 0.15) is 17.6 Å². The Kier molecular flexibility index (Phi) is 5.44. The van der Waals surface area contributed by atoms with Crippen molar-refractivity contribution in [3.63, 3.8) is 0 Å². The van der Waals surface area contributed by atoms with E-state index < -0.39 is 22.3 Å². The highest BCUT2D eigenvalue weighted by atomic mass is 35.5. The number of nitrogens with zero attached hydrogens (tertiary/aromatic N) is 3. The van der Waals surface area contributed by atoms with Crippen LogP contribution in [0.2, 0.25) is 5.02 Å². The average Bonchev–Trinajstić information content (AvgIpc) is 3.21. The molecule has 9 nitrogen and oxygen atoms in total. The van der Waals surface area contributed by atoms with Crippen LogP contribution in [-0.4, -0.2) is 55.5 Å². The Balaban J connectivity index is 1.67. The summed E-state index contributed by atoms with van der Waals surface area (Å²) in [7, 11) is -4.16. The van der Waals surface area contributed by atoms with Crippen LogP contribution in [0.5, 0.6) is 0 Å². The van der Waals surface area contributed by atoms with E-state index >= 15 is 0 Å². The van der Waals surface area contributed by atoms with Crippen LogP contribution in [0.3, 0.4) is 0 Å². The Hall–Kier alpha value is -2.17. The van der Waals surface area contributed by atoms with Gasteiger partial charge in [0.2, 0.25) is 0 Å². The first-order valence-electron chi connectivity index (χ1n) is 7.83. The van der Waals surface area contributed by atoms with E-state index in [4.69, 9.17) is 20.5 Å². The lowest BCUT2D eigenvalue weighted by atomic mass is 10.3. The Morgan fingerprint density at radius 1 is 1.35 bits per heavy atom. The van der Waals surface area contributed by atoms with Crippen molar-refractivity contribution < 1.29 is 26.8 Å². The van der Waals surface area contributed by atoms with Gasteiger partial charge in [-0.2, -0.15) is 8.42 Å². The molecule has 1 fully saturated rings. The highest BCUT2D eigenvalue weighted by Gasteiger charge is 2.33. The topological polar surface area (TPSA) is 112 Å². The second-order valence-corrected chi connectivity index (χ2v) is 7.53. The van der Waals surface area contributed by atoms with Gasteiger partial charge in [0, 0.05) is 6.54 Å². The van der Waals surface area contributed by atoms with Gasteiger partial charge in [-0.15, -0.1) is 0 Å². The maximum Gasteiger partial charge on any atom is 0.410 e. The molecule has 0 aliphatic carbocycles. The van der Waals surface area contributed by atoms with Crippen molar-refractivity contribution in [1.29, 1.82) is 0 Å². The summed E-state index contributed by atoms with van der Waals surface area (Å²) in [6, 6.07) is 2.62. The van der Waals surface area contributed by atoms with E-state index in [2.05, 4.69) is 14.9 Å². The molecule has 1 amide bonds. The van der Waals surface area contributed by atoms with Gasteiger partial charge in [-0.05, 0) is 28.9 Å². The van der Waals surface area contributed by atoms with Crippen LogP contribution in [0.1, 0.15) is 13.3 Å². The van der Waals surface area contributed by atoms with Crippen LogP contribution in [0, 0.1) is 0 Å². The van der Waals surface area contributed by atoms with Crippen LogP contribution >= 0.6 is 11.6 Å². The number of benzene rings is 1. The molecule has 1 saturated heterocycles. The minimum atomic E-state index is -4.16.